The van der Waals surface area contributed by atoms with Crippen molar-refractivity contribution in [2.24, 2.45) is 0 Å². The number of methoxy groups -OCH3 is 1. The number of aromatic nitrogens is 3. The molecule has 8 N–H and O–H groups in total. The van der Waals surface area contributed by atoms with Crippen molar-refractivity contribution < 1.29 is 73.8 Å². The van der Waals surface area contributed by atoms with Gasteiger partial charge < -0.3 is 69.5 Å². The second kappa shape index (κ2) is 18.6. The minimum atomic E-state index is -1.76. The fourth-order valence-corrected chi connectivity index (χ4v) is 5.20. The van der Waals surface area contributed by atoms with Gasteiger partial charge in [-0.3, -0.25) is 9.48 Å². The van der Waals surface area contributed by atoms with Crippen LogP contribution in [0.1, 0.15) is 28.9 Å². The average Bonchev–Trinajstić information content (AvgIpc) is 3.57. The smallest absolute Gasteiger partial charge is 0.337 e. The number of hydrogen-bond donors (Lipinski definition) is 8. The summed E-state index contributed by atoms with van der Waals surface area (Å²) in [6.45, 7) is -0.488. The lowest BCUT2D eigenvalue weighted by Crippen LogP contribution is -2.64. The summed E-state index contributed by atoms with van der Waals surface area (Å²) in [6.07, 6.45) is -12.7. The van der Waals surface area contributed by atoms with Crippen LogP contribution in [0.25, 0.3) is 0 Å². The number of rotatable bonds is 17. The molecule has 0 bridgehead atoms. The second-order valence-electron chi connectivity index (χ2n) is 11.4. The molecule has 1 aromatic carbocycles. The Labute approximate surface area is 280 Å². The Kier molecular flexibility index (Phi) is 14.6. The van der Waals surface area contributed by atoms with E-state index < -0.39 is 80.6 Å². The number of aliphatic hydroxyl groups excluding tert-OH is 7. The molecule has 1 amide bonds. The van der Waals surface area contributed by atoms with Gasteiger partial charge in [0.2, 0.25) is 5.91 Å². The quantitative estimate of drug-likeness (QED) is 0.0581. The van der Waals surface area contributed by atoms with Crippen molar-refractivity contribution in [3.63, 3.8) is 0 Å². The van der Waals surface area contributed by atoms with E-state index in [4.69, 9.17) is 23.7 Å². The van der Waals surface area contributed by atoms with Crippen LogP contribution in [0.3, 0.4) is 0 Å². The Balaban J connectivity index is 1.13. The van der Waals surface area contributed by atoms with Gasteiger partial charge in [-0.25, -0.2) is 4.79 Å². The maximum atomic E-state index is 12.2. The first kappa shape index (κ1) is 38.5. The molecular formula is C30H44N4O15. The number of aryl methyl sites for hydroxylation is 2. The molecule has 2 fully saturated rings. The van der Waals surface area contributed by atoms with Crippen LogP contribution in [0.4, 0.5) is 0 Å². The van der Waals surface area contributed by atoms with E-state index in [9.17, 15) is 45.3 Å². The molecule has 19 nitrogen and oxygen atoms in total. The number of ether oxygens (including phenoxy) is 6. The average molecular weight is 701 g/mol. The Morgan fingerprint density at radius 2 is 1.67 bits per heavy atom. The number of nitrogens with zero attached hydrogens (tertiary/aromatic N) is 3. The van der Waals surface area contributed by atoms with E-state index in [-0.39, 0.29) is 32.1 Å². The predicted molar refractivity (Wildman–Crippen MR) is 162 cm³/mol. The van der Waals surface area contributed by atoms with Crippen LogP contribution in [0.5, 0.6) is 5.75 Å². The molecule has 2 aliphatic rings. The maximum Gasteiger partial charge on any atom is 0.337 e. The summed E-state index contributed by atoms with van der Waals surface area (Å²) in [7, 11) is 1.29. The van der Waals surface area contributed by atoms with E-state index in [1.54, 1.807) is 35.1 Å². The molecule has 2 aromatic rings. The van der Waals surface area contributed by atoms with Crippen molar-refractivity contribution in [3.8, 4) is 5.75 Å². The summed E-state index contributed by atoms with van der Waals surface area (Å²) in [5.74, 6) is -0.205. The summed E-state index contributed by atoms with van der Waals surface area (Å²) in [6, 6.07) is 6.52. The number of carbonyl (C=O) groups is 2. The van der Waals surface area contributed by atoms with Gasteiger partial charge in [-0.05, 0) is 24.6 Å². The molecule has 1 aromatic heterocycles. The van der Waals surface area contributed by atoms with E-state index in [0.717, 1.165) is 0 Å². The van der Waals surface area contributed by atoms with Gasteiger partial charge in [0.1, 0.15) is 61.2 Å². The summed E-state index contributed by atoms with van der Waals surface area (Å²) in [4.78, 5) is 23.9. The minimum absolute atomic E-state index is 0.0531. The van der Waals surface area contributed by atoms with Crippen LogP contribution < -0.4 is 10.1 Å². The van der Waals surface area contributed by atoms with Crippen LogP contribution in [-0.4, -0.2) is 164 Å². The predicted octanol–water partition coefficient (Wildman–Crippen LogP) is -3.78. The van der Waals surface area contributed by atoms with E-state index >= 15 is 0 Å². The summed E-state index contributed by atoms with van der Waals surface area (Å²) in [5, 5.41) is 81.6. The van der Waals surface area contributed by atoms with E-state index in [1.807, 2.05) is 0 Å². The van der Waals surface area contributed by atoms with Crippen LogP contribution in [0, 0.1) is 0 Å². The first-order valence-electron chi connectivity index (χ1n) is 15.7. The van der Waals surface area contributed by atoms with Gasteiger partial charge in [-0.15, -0.1) is 5.10 Å². The Morgan fingerprint density at radius 3 is 2.41 bits per heavy atom. The van der Waals surface area contributed by atoms with Gasteiger partial charge in [-0.1, -0.05) is 11.3 Å². The number of carbonyl (C=O) groups excluding carboxylic acids is 2. The number of amides is 1. The summed E-state index contributed by atoms with van der Waals surface area (Å²) >= 11 is 0. The minimum Gasteiger partial charge on any atom is -0.492 e. The molecular weight excluding hydrogens is 656 g/mol. The van der Waals surface area contributed by atoms with Crippen LogP contribution >= 0.6 is 0 Å². The normalized spacial score (nSPS) is 30.1. The molecule has 3 heterocycles. The molecule has 0 unspecified atom stereocenters. The highest BCUT2D eigenvalue weighted by Crippen LogP contribution is 2.29. The lowest BCUT2D eigenvalue weighted by Gasteiger charge is -2.45. The third-order valence-electron chi connectivity index (χ3n) is 7.92. The molecule has 0 spiro atoms. The lowest BCUT2D eigenvalue weighted by molar-refractivity contribution is -0.359. The number of hydrogen-bond acceptors (Lipinski definition) is 17. The van der Waals surface area contributed by atoms with Crippen LogP contribution in [0.15, 0.2) is 30.5 Å². The molecule has 0 aliphatic carbocycles. The highest BCUT2D eigenvalue weighted by Gasteiger charge is 2.50. The zero-order chi connectivity index (χ0) is 35.5. The molecule has 2 aliphatic heterocycles. The zero-order valence-electron chi connectivity index (χ0n) is 26.8. The van der Waals surface area contributed by atoms with E-state index in [0.29, 0.717) is 36.4 Å². The van der Waals surface area contributed by atoms with Gasteiger partial charge in [0, 0.05) is 25.6 Å². The third-order valence-corrected chi connectivity index (χ3v) is 7.92. The van der Waals surface area contributed by atoms with Gasteiger partial charge in [0.25, 0.3) is 0 Å². The SMILES string of the molecule is COC(=O)c1cccc(OCCNC(=O)CCc2cn(CCCO[C@@H]3O[C@H](CO)[C@H](O[C@H]4O[C@H](CO)[C@H](O)[C@H](O)[C@H]4O)[C@H](O)[C@H]3O)nn2)c1. The molecule has 0 radical (unpaired) electrons. The van der Waals surface area contributed by atoms with Crippen molar-refractivity contribution in [1.82, 2.24) is 20.3 Å². The highest BCUT2D eigenvalue weighted by molar-refractivity contribution is 5.89. The van der Waals surface area contributed by atoms with Gasteiger partial charge in [0.05, 0.1) is 44.7 Å². The van der Waals surface area contributed by atoms with Crippen molar-refractivity contribution in [3.05, 3.63) is 41.7 Å². The largest absolute Gasteiger partial charge is 0.492 e. The monoisotopic (exact) mass is 700 g/mol. The lowest BCUT2D eigenvalue weighted by atomic mass is 9.97. The number of esters is 1. The third kappa shape index (κ3) is 10.3. The summed E-state index contributed by atoms with van der Waals surface area (Å²) in [5.41, 5.74) is 0.953. The van der Waals surface area contributed by atoms with Gasteiger partial charge >= 0.3 is 5.97 Å². The standard InChI is InChI=1S/C30H44N4O15/c1-44-28(43)16-4-2-5-18(12-16)45-11-8-31-21(37)7-6-17-13-34(33-32-17)9-3-10-46-29-26(42)24(40)27(20(15-36)48-29)49-30-25(41)23(39)22(38)19(14-35)47-30/h2,4-5,12-13,19-20,22-27,29-30,35-36,38-42H,3,6-11,14-15H2,1H3,(H,31,37)/t19-,20-,22+,23+,24-,25-,26-,27+,29-,30-/m1/s1. The Hall–Kier alpha value is -3.34. The van der Waals surface area contributed by atoms with Gasteiger partial charge in [-0.2, -0.15) is 0 Å². The van der Waals surface area contributed by atoms with E-state index in [2.05, 4.69) is 20.4 Å². The van der Waals surface area contributed by atoms with Crippen LogP contribution in [0.2, 0.25) is 0 Å². The fourth-order valence-electron chi connectivity index (χ4n) is 5.20. The maximum absolute atomic E-state index is 12.2. The van der Waals surface area contributed by atoms with Crippen molar-refractivity contribution >= 4 is 11.9 Å². The van der Waals surface area contributed by atoms with E-state index in [1.165, 1.54) is 7.11 Å². The zero-order valence-corrected chi connectivity index (χ0v) is 26.8. The first-order valence-corrected chi connectivity index (χ1v) is 15.7. The summed E-state index contributed by atoms with van der Waals surface area (Å²) < 4.78 is 33.8. The Morgan fingerprint density at radius 1 is 0.939 bits per heavy atom. The molecule has 19 heteroatoms. The molecule has 2 saturated heterocycles. The molecule has 49 heavy (non-hydrogen) atoms. The molecule has 4 rings (SSSR count). The number of nitrogens with one attached hydrogen (secondary N) is 1. The van der Waals surface area contributed by atoms with Crippen LogP contribution in [-0.2, 0) is 41.4 Å². The molecule has 10 atom stereocenters. The fraction of sp³-hybridized carbons (Fsp3) is 0.667. The van der Waals surface area contributed by atoms with Crippen molar-refractivity contribution in [2.75, 3.05) is 40.1 Å². The second-order valence-corrected chi connectivity index (χ2v) is 11.4. The molecule has 0 saturated carbocycles. The molecule has 274 valence electrons. The first-order chi connectivity index (χ1) is 23.6. The van der Waals surface area contributed by atoms with Crippen molar-refractivity contribution in [2.45, 2.75) is 87.2 Å². The topological polar surface area (TPSA) is 274 Å². The highest BCUT2D eigenvalue weighted by atomic mass is 16.7. The Bertz CT molecular complexity index is 1330. The van der Waals surface area contributed by atoms with Gasteiger partial charge in [0.15, 0.2) is 12.6 Å². The number of aliphatic hydroxyl groups is 7. The number of benzene rings is 1. The van der Waals surface area contributed by atoms with Crippen molar-refractivity contribution in [1.29, 1.82) is 0 Å².